The summed E-state index contributed by atoms with van der Waals surface area (Å²) in [5.74, 6) is 0.811. The first-order valence-corrected chi connectivity index (χ1v) is 13.7. The zero-order chi connectivity index (χ0) is 23.4. The molecular formula is C26H24I2N2O2S. The molecule has 2 N–H and O–H groups in total. The Morgan fingerprint density at radius 3 is 2.45 bits per heavy atom. The lowest BCUT2D eigenvalue weighted by Gasteiger charge is -2.13. The minimum atomic E-state index is -0.189. The SMILES string of the molecule is CCc1ccc(N[C@@H]2NC(=O)/C(=C/c3cc(I)c(OCc4cccc(C)c4)c(I)c3)S2)cc1. The van der Waals surface area contributed by atoms with Crippen molar-refractivity contribution in [3.05, 3.63) is 95.0 Å². The van der Waals surface area contributed by atoms with Crippen LogP contribution in [0.15, 0.2) is 65.6 Å². The van der Waals surface area contributed by atoms with E-state index in [9.17, 15) is 4.79 Å². The molecule has 0 unspecified atom stereocenters. The highest BCUT2D eigenvalue weighted by atomic mass is 127. The van der Waals surface area contributed by atoms with E-state index in [4.69, 9.17) is 4.74 Å². The van der Waals surface area contributed by atoms with E-state index in [1.165, 1.54) is 22.9 Å². The van der Waals surface area contributed by atoms with Gasteiger partial charge in [0.05, 0.1) is 12.0 Å². The summed E-state index contributed by atoms with van der Waals surface area (Å²) < 4.78 is 8.17. The van der Waals surface area contributed by atoms with Crippen molar-refractivity contribution in [2.75, 3.05) is 5.32 Å². The third-order valence-electron chi connectivity index (χ3n) is 5.17. The van der Waals surface area contributed by atoms with Crippen LogP contribution in [0.2, 0.25) is 0 Å². The Labute approximate surface area is 226 Å². The minimum Gasteiger partial charge on any atom is -0.487 e. The molecule has 0 aromatic heterocycles. The Kier molecular flexibility index (Phi) is 8.24. The van der Waals surface area contributed by atoms with Gasteiger partial charge in [0.1, 0.15) is 12.4 Å². The van der Waals surface area contributed by atoms with E-state index in [-0.39, 0.29) is 11.4 Å². The molecule has 3 aromatic carbocycles. The molecule has 0 radical (unpaired) electrons. The number of thioether (sulfide) groups is 1. The number of nitrogens with one attached hydrogen (secondary N) is 2. The number of halogens is 2. The van der Waals surface area contributed by atoms with Crippen molar-refractivity contribution in [2.24, 2.45) is 0 Å². The van der Waals surface area contributed by atoms with Gasteiger partial charge in [-0.15, -0.1) is 0 Å². The molecule has 0 saturated carbocycles. The van der Waals surface area contributed by atoms with Gasteiger partial charge >= 0.3 is 0 Å². The molecule has 0 aliphatic carbocycles. The lowest BCUT2D eigenvalue weighted by molar-refractivity contribution is -0.116. The largest absolute Gasteiger partial charge is 0.487 e. The second kappa shape index (κ2) is 11.1. The molecule has 0 spiro atoms. The van der Waals surface area contributed by atoms with Crippen LogP contribution >= 0.6 is 56.9 Å². The highest BCUT2D eigenvalue weighted by molar-refractivity contribution is 14.1. The van der Waals surface area contributed by atoms with E-state index >= 15 is 0 Å². The Morgan fingerprint density at radius 2 is 1.79 bits per heavy atom. The van der Waals surface area contributed by atoms with E-state index in [0.717, 1.165) is 36.1 Å². The lowest BCUT2D eigenvalue weighted by Crippen LogP contribution is -2.30. The molecule has 1 amide bonds. The summed E-state index contributed by atoms with van der Waals surface area (Å²) in [6, 6.07) is 20.8. The second-order valence-electron chi connectivity index (χ2n) is 7.77. The molecule has 0 bridgehead atoms. The number of rotatable bonds is 7. The fourth-order valence-electron chi connectivity index (χ4n) is 3.46. The van der Waals surface area contributed by atoms with Crippen LogP contribution in [0.1, 0.15) is 29.2 Å². The third-order valence-corrected chi connectivity index (χ3v) is 7.81. The summed E-state index contributed by atoms with van der Waals surface area (Å²) in [5, 5.41) is 6.37. The summed E-state index contributed by atoms with van der Waals surface area (Å²) in [5.41, 5.74) is 5.45. The fourth-order valence-corrected chi connectivity index (χ4v) is 6.58. The first kappa shape index (κ1) is 24.4. The third kappa shape index (κ3) is 6.45. The zero-order valence-electron chi connectivity index (χ0n) is 18.3. The van der Waals surface area contributed by atoms with Gasteiger partial charge in [-0.05, 0) is 106 Å². The van der Waals surface area contributed by atoms with Crippen LogP contribution in [0.3, 0.4) is 0 Å². The summed E-state index contributed by atoms with van der Waals surface area (Å²) >= 11 is 6.09. The van der Waals surface area contributed by atoms with Crippen LogP contribution in [0.25, 0.3) is 6.08 Å². The van der Waals surface area contributed by atoms with Gasteiger partial charge in [-0.2, -0.15) is 0 Å². The van der Waals surface area contributed by atoms with Crippen LogP contribution in [0, 0.1) is 14.1 Å². The summed E-state index contributed by atoms with van der Waals surface area (Å²) in [6.07, 6.45) is 2.95. The van der Waals surface area contributed by atoms with Gasteiger partial charge in [0.25, 0.3) is 5.91 Å². The molecular weight excluding hydrogens is 658 g/mol. The lowest BCUT2D eigenvalue weighted by atomic mass is 10.1. The van der Waals surface area contributed by atoms with Crippen molar-refractivity contribution in [1.29, 1.82) is 0 Å². The van der Waals surface area contributed by atoms with Crippen molar-refractivity contribution >= 4 is 74.6 Å². The number of aryl methyl sites for hydroxylation is 2. The molecule has 1 aliphatic rings. The monoisotopic (exact) mass is 682 g/mol. The Morgan fingerprint density at radius 1 is 1.06 bits per heavy atom. The maximum atomic E-state index is 12.5. The van der Waals surface area contributed by atoms with E-state index in [1.807, 2.05) is 24.3 Å². The topological polar surface area (TPSA) is 50.4 Å². The predicted octanol–water partition coefficient (Wildman–Crippen LogP) is 6.95. The average molecular weight is 682 g/mol. The van der Waals surface area contributed by atoms with Crippen molar-refractivity contribution < 1.29 is 9.53 Å². The van der Waals surface area contributed by atoms with Crippen molar-refractivity contribution in [3.63, 3.8) is 0 Å². The van der Waals surface area contributed by atoms with Crippen molar-refractivity contribution in [3.8, 4) is 5.75 Å². The Bertz CT molecular complexity index is 1170. The molecule has 1 heterocycles. The molecule has 4 rings (SSSR count). The van der Waals surface area contributed by atoms with Crippen LogP contribution in [-0.2, 0) is 17.8 Å². The van der Waals surface area contributed by atoms with Gasteiger partial charge in [0.15, 0.2) is 5.50 Å². The van der Waals surface area contributed by atoms with Crippen LogP contribution < -0.4 is 15.4 Å². The molecule has 4 nitrogen and oxygen atoms in total. The number of hydrogen-bond donors (Lipinski definition) is 2. The summed E-state index contributed by atoms with van der Waals surface area (Å²) in [6.45, 7) is 4.75. The average Bonchev–Trinajstić information content (AvgIpc) is 3.12. The number of anilines is 1. The van der Waals surface area contributed by atoms with Gasteiger partial charge in [-0.3, -0.25) is 4.79 Å². The Hall–Kier alpha value is -1.72. The molecule has 1 aliphatic heterocycles. The van der Waals surface area contributed by atoms with Gasteiger partial charge < -0.3 is 15.4 Å². The van der Waals surface area contributed by atoms with Gasteiger partial charge in [0.2, 0.25) is 0 Å². The first-order chi connectivity index (χ1) is 15.9. The number of carbonyl (C=O) groups excluding carboxylic acids is 1. The molecule has 170 valence electrons. The Balaban J connectivity index is 1.44. The standard InChI is InChI=1S/C26H24I2N2O2S/c1-3-17-7-9-20(10-8-17)29-26-30-25(31)23(33-26)14-19-12-21(27)24(22(28)13-19)32-15-18-6-4-5-16(2)11-18/h4-14,26,29H,3,15H2,1-2H3,(H,30,31)/b23-14-/t26-/m1/s1. The van der Waals surface area contributed by atoms with E-state index in [2.05, 4.69) is 112 Å². The summed E-state index contributed by atoms with van der Waals surface area (Å²) in [4.78, 5) is 13.2. The number of carbonyl (C=O) groups is 1. The van der Waals surface area contributed by atoms with Gasteiger partial charge in [0, 0.05) is 5.69 Å². The minimum absolute atomic E-state index is 0.0625. The van der Waals surface area contributed by atoms with E-state index < -0.39 is 0 Å². The van der Waals surface area contributed by atoms with E-state index in [1.54, 1.807) is 0 Å². The quantitative estimate of drug-likeness (QED) is 0.210. The first-order valence-electron chi connectivity index (χ1n) is 10.6. The van der Waals surface area contributed by atoms with E-state index in [0.29, 0.717) is 11.5 Å². The van der Waals surface area contributed by atoms with Crippen LogP contribution in [-0.4, -0.2) is 11.4 Å². The fraction of sp³-hybridized carbons (Fsp3) is 0.192. The second-order valence-corrected chi connectivity index (χ2v) is 11.2. The highest BCUT2D eigenvalue weighted by Crippen LogP contribution is 2.34. The maximum Gasteiger partial charge on any atom is 0.260 e. The number of ether oxygens (including phenoxy) is 1. The maximum absolute atomic E-state index is 12.5. The molecule has 7 heteroatoms. The van der Waals surface area contributed by atoms with Crippen molar-refractivity contribution in [1.82, 2.24) is 5.32 Å². The van der Waals surface area contributed by atoms with Gasteiger partial charge in [-0.1, -0.05) is 60.6 Å². The summed E-state index contributed by atoms with van der Waals surface area (Å²) in [7, 11) is 0. The highest BCUT2D eigenvalue weighted by Gasteiger charge is 2.27. The number of hydrogen-bond acceptors (Lipinski definition) is 4. The molecule has 1 saturated heterocycles. The molecule has 33 heavy (non-hydrogen) atoms. The molecule has 1 atom stereocenters. The number of amides is 1. The van der Waals surface area contributed by atoms with Gasteiger partial charge in [-0.25, -0.2) is 0 Å². The molecule has 3 aromatic rings. The normalized spacial score (nSPS) is 16.7. The number of benzene rings is 3. The predicted molar refractivity (Wildman–Crippen MR) is 154 cm³/mol. The zero-order valence-corrected chi connectivity index (χ0v) is 23.5. The van der Waals surface area contributed by atoms with Crippen molar-refractivity contribution in [2.45, 2.75) is 32.4 Å². The molecule has 1 fully saturated rings. The van der Waals surface area contributed by atoms with Crippen LogP contribution in [0.5, 0.6) is 5.75 Å². The smallest absolute Gasteiger partial charge is 0.260 e. The van der Waals surface area contributed by atoms with Crippen LogP contribution in [0.4, 0.5) is 5.69 Å².